The van der Waals surface area contributed by atoms with Gasteiger partial charge in [-0.05, 0) is 66.7 Å². The first-order valence-electron chi connectivity index (χ1n) is 13.0. The van der Waals surface area contributed by atoms with E-state index in [0.717, 1.165) is 22.4 Å². The number of hydrogen-bond donors (Lipinski definition) is 0. The SMILES string of the molecule is Cn1c(-c2ccccc2)nc2cc(-c3ccc(-c4ccc5ccc6cccc7ccc4c5c67)cc3)ccc21. The molecule has 1 heterocycles. The smallest absolute Gasteiger partial charge is 0.140 e. The van der Waals surface area contributed by atoms with Crippen LogP contribution < -0.4 is 0 Å². The molecule has 0 fully saturated rings. The summed E-state index contributed by atoms with van der Waals surface area (Å²) in [6.07, 6.45) is 0. The van der Waals surface area contributed by atoms with Gasteiger partial charge in [-0.3, -0.25) is 0 Å². The third-order valence-corrected chi connectivity index (χ3v) is 7.97. The Labute approximate surface area is 220 Å². The first-order chi connectivity index (χ1) is 18.7. The number of fused-ring (bicyclic) bond motifs is 1. The predicted octanol–water partition coefficient (Wildman–Crippen LogP) is 9.47. The Morgan fingerprint density at radius 2 is 1.16 bits per heavy atom. The largest absolute Gasteiger partial charge is 0.327 e. The molecule has 178 valence electrons. The van der Waals surface area contributed by atoms with Crippen molar-refractivity contribution in [2.45, 2.75) is 0 Å². The van der Waals surface area contributed by atoms with Crippen LogP contribution in [0.1, 0.15) is 0 Å². The van der Waals surface area contributed by atoms with Crippen molar-refractivity contribution in [3.05, 3.63) is 127 Å². The summed E-state index contributed by atoms with van der Waals surface area (Å²) in [5.74, 6) is 0.988. The van der Waals surface area contributed by atoms with Crippen LogP contribution in [-0.4, -0.2) is 9.55 Å². The molecule has 0 saturated carbocycles. The summed E-state index contributed by atoms with van der Waals surface area (Å²) < 4.78 is 2.17. The van der Waals surface area contributed by atoms with Gasteiger partial charge >= 0.3 is 0 Å². The molecule has 0 aliphatic rings. The second-order valence-electron chi connectivity index (χ2n) is 10.1. The van der Waals surface area contributed by atoms with Gasteiger partial charge in [0.15, 0.2) is 0 Å². The first kappa shape index (κ1) is 21.2. The van der Waals surface area contributed by atoms with E-state index in [9.17, 15) is 0 Å². The predicted molar refractivity (Wildman–Crippen MR) is 161 cm³/mol. The van der Waals surface area contributed by atoms with E-state index in [-0.39, 0.29) is 0 Å². The monoisotopic (exact) mass is 484 g/mol. The van der Waals surface area contributed by atoms with Gasteiger partial charge in [-0.2, -0.15) is 0 Å². The lowest BCUT2D eigenvalue weighted by molar-refractivity contribution is 0.959. The van der Waals surface area contributed by atoms with E-state index in [1.807, 2.05) is 6.07 Å². The summed E-state index contributed by atoms with van der Waals surface area (Å²) in [6, 6.07) is 46.0. The molecule has 7 aromatic carbocycles. The molecule has 0 radical (unpaired) electrons. The van der Waals surface area contributed by atoms with Crippen LogP contribution in [0.25, 0.3) is 77.0 Å². The molecule has 0 spiro atoms. The first-order valence-corrected chi connectivity index (χ1v) is 13.0. The molecule has 0 amide bonds. The molecule has 2 nitrogen and oxygen atoms in total. The second kappa shape index (κ2) is 8.03. The van der Waals surface area contributed by atoms with Crippen molar-refractivity contribution in [1.29, 1.82) is 0 Å². The number of rotatable bonds is 3. The normalized spacial score (nSPS) is 11.8. The van der Waals surface area contributed by atoms with E-state index in [2.05, 4.69) is 133 Å². The van der Waals surface area contributed by atoms with Crippen molar-refractivity contribution in [3.8, 4) is 33.6 Å². The molecule has 8 rings (SSSR count). The lowest BCUT2D eigenvalue weighted by Crippen LogP contribution is -1.91. The molecule has 0 atom stereocenters. The molecule has 0 bridgehead atoms. The number of aromatic nitrogens is 2. The maximum Gasteiger partial charge on any atom is 0.140 e. The molecule has 0 aliphatic heterocycles. The summed E-state index contributed by atoms with van der Waals surface area (Å²) in [6.45, 7) is 0. The summed E-state index contributed by atoms with van der Waals surface area (Å²) in [7, 11) is 2.09. The van der Waals surface area contributed by atoms with E-state index in [0.29, 0.717) is 0 Å². The maximum atomic E-state index is 4.97. The lowest BCUT2D eigenvalue weighted by atomic mass is 9.89. The highest BCUT2D eigenvalue weighted by molar-refractivity contribution is 6.25. The highest BCUT2D eigenvalue weighted by atomic mass is 15.1. The Balaban J connectivity index is 1.21. The maximum absolute atomic E-state index is 4.97. The van der Waals surface area contributed by atoms with E-state index in [1.165, 1.54) is 54.6 Å². The molecule has 8 aromatic rings. The second-order valence-corrected chi connectivity index (χ2v) is 10.1. The average Bonchev–Trinajstić information content (AvgIpc) is 3.32. The fourth-order valence-corrected chi connectivity index (χ4v) is 6.05. The van der Waals surface area contributed by atoms with E-state index in [4.69, 9.17) is 4.98 Å². The molecule has 0 unspecified atom stereocenters. The van der Waals surface area contributed by atoms with Crippen LogP contribution in [0.2, 0.25) is 0 Å². The van der Waals surface area contributed by atoms with Crippen molar-refractivity contribution in [2.75, 3.05) is 0 Å². The van der Waals surface area contributed by atoms with Crippen LogP contribution in [0.4, 0.5) is 0 Å². The van der Waals surface area contributed by atoms with Crippen LogP contribution in [0.3, 0.4) is 0 Å². The molecule has 38 heavy (non-hydrogen) atoms. The van der Waals surface area contributed by atoms with Crippen molar-refractivity contribution in [3.63, 3.8) is 0 Å². The quantitative estimate of drug-likeness (QED) is 0.228. The van der Waals surface area contributed by atoms with Crippen molar-refractivity contribution in [2.24, 2.45) is 7.05 Å². The summed E-state index contributed by atoms with van der Waals surface area (Å²) in [5, 5.41) is 7.92. The third-order valence-electron chi connectivity index (χ3n) is 7.97. The topological polar surface area (TPSA) is 17.8 Å². The fourth-order valence-electron chi connectivity index (χ4n) is 6.05. The molecule has 0 saturated heterocycles. The van der Waals surface area contributed by atoms with E-state index in [1.54, 1.807) is 0 Å². The zero-order chi connectivity index (χ0) is 25.2. The number of imidazole rings is 1. The van der Waals surface area contributed by atoms with Crippen LogP contribution in [0.5, 0.6) is 0 Å². The van der Waals surface area contributed by atoms with Crippen molar-refractivity contribution < 1.29 is 0 Å². The Morgan fingerprint density at radius 1 is 0.500 bits per heavy atom. The highest BCUT2D eigenvalue weighted by Crippen LogP contribution is 2.39. The zero-order valence-electron chi connectivity index (χ0n) is 21.0. The summed E-state index contributed by atoms with van der Waals surface area (Å²) in [4.78, 5) is 4.97. The number of hydrogen-bond acceptors (Lipinski definition) is 1. The Kier molecular flexibility index (Phi) is 4.47. The fraction of sp³-hybridized carbons (Fsp3) is 0.0278. The minimum atomic E-state index is 0.988. The van der Waals surface area contributed by atoms with Crippen molar-refractivity contribution >= 4 is 43.4 Å². The minimum absolute atomic E-state index is 0.988. The third kappa shape index (κ3) is 3.10. The van der Waals surface area contributed by atoms with E-state index < -0.39 is 0 Å². The van der Waals surface area contributed by atoms with Gasteiger partial charge in [0.05, 0.1) is 11.0 Å². The zero-order valence-corrected chi connectivity index (χ0v) is 21.0. The summed E-state index contributed by atoms with van der Waals surface area (Å²) in [5.41, 5.74) is 8.16. The van der Waals surface area contributed by atoms with Gasteiger partial charge in [-0.25, -0.2) is 4.98 Å². The van der Waals surface area contributed by atoms with Crippen LogP contribution in [0.15, 0.2) is 127 Å². The van der Waals surface area contributed by atoms with Crippen molar-refractivity contribution in [1.82, 2.24) is 9.55 Å². The molecule has 0 N–H and O–H groups in total. The number of nitrogens with zero attached hydrogens (tertiary/aromatic N) is 2. The van der Waals surface area contributed by atoms with Gasteiger partial charge in [-0.1, -0.05) is 115 Å². The standard InChI is InChI=1S/C36H24N2/c1-38-33-21-18-29(22-32(33)37-36(38)28-6-3-2-4-7-28)23-10-12-24(13-11-23)30-19-16-27-15-14-25-8-5-9-26-17-20-31(30)35(27)34(25)26/h2-22H,1H3. The molecular formula is C36H24N2. The number of aryl methyl sites for hydroxylation is 1. The molecular weight excluding hydrogens is 460 g/mol. The van der Waals surface area contributed by atoms with Gasteiger partial charge in [0, 0.05) is 12.6 Å². The minimum Gasteiger partial charge on any atom is -0.327 e. The van der Waals surface area contributed by atoms with Gasteiger partial charge in [0.1, 0.15) is 5.82 Å². The van der Waals surface area contributed by atoms with Crippen LogP contribution >= 0.6 is 0 Å². The van der Waals surface area contributed by atoms with Gasteiger partial charge in [0.2, 0.25) is 0 Å². The molecule has 1 aromatic heterocycles. The highest BCUT2D eigenvalue weighted by Gasteiger charge is 2.13. The summed E-state index contributed by atoms with van der Waals surface area (Å²) >= 11 is 0. The number of benzene rings is 7. The Bertz CT molecular complexity index is 2100. The van der Waals surface area contributed by atoms with Gasteiger partial charge in [-0.15, -0.1) is 0 Å². The average molecular weight is 485 g/mol. The molecule has 0 aliphatic carbocycles. The van der Waals surface area contributed by atoms with Gasteiger partial charge < -0.3 is 4.57 Å². The lowest BCUT2D eigenvalue weighted by Gasteiger charge is -2.14. The van der Waals surface area contributed by atoms with E-state index >= 15 is 0 Å². The van der Waals surface area contributed by atoms with Gasteiger partial charge in [0.25, 0.3) is 0 Å². The van der Waals surface area contributed by atoms with Crippen LogP contribution in [0, 0.1) is 0 Å². The Hall–Kier alpha value is -4.95. The molecule has 2 heteroatoms. The Morgan fingerprint density at radius 3 is 1.95 bits per heavy atom. The van der Waals surface area contributed by atoms with Crippen LogP contribution in [-0.2, 0) is 7.05 Å².